The Balaban J connectivity index is 2.44. The summed E-state index contributed by atoms with van der Waals surface area (Å²) in [6.45, 7) is -0.00560. The largest absolute Gasteiger partial charge is 0.409 e. The first kappa shape index (κ1) is 9.04. The van der Waals surface area contributed by atoms with Crippen LogP contribution in [0, 0.1) is 0 Å². The molecule has 7 heteroatoms. The molecule has 0 fully saturated rings. The number of nitrogens with zero attached hydrogens (tertiary/aromatic N) is 2. The van der Waals surface area contributed by atoms with Crippen molar-refractivity contribution in [1.29, 1.82) is 0 Å². The first-order chi connectivity index (χ1) is 6.24. The highest BCUT2D eigenvalue weighted by Crippen LogP contribution is 1.89. The second kappa shape index (κ2) is 4.10. The second-order valence-electron chi connectivity index (χ2n) is 2.24. The van der Waals surface area contributed by atoms with Crippen molar-refractivity contribution in [3.8, 4) is 0 Å². The van der Waals surface area contributed by atoms with E-state index in [-0.39, 0.29) is 18.3 Å². The number of carbonyl (C=O) groups is 1. The van der Waals surface area contributed by atoms with Gasteiger partial charge in [-0.05, 0) is 6.07 Å². The van der Waals surface area contributed by atoms with Gasteiger partial charge in [-0.1, -0.05) is 5.16 Å². The molecular weight excluding hydrogens is 174 g/mol. The molecule has 0 saturated carbocycles. The fourth-order valence-corrected chi connectivity index (χ4v) is 0.684. The van der Waals surface area contributed by atoms with Gasteiger partial charge in [0, 0.05) is 6.20 Å². The van der Waals surface area contributed by atoms with Gasteiger partial charge in [0.1, 0.15) is 5.69 Å². The standard InChI is InChI=1S/C6H9N5O2/c7-5(11-13)3-8-6(12)4-1-2-9-10-4/h1-2,13H,3H2,(H2,7,11)(H,8,12)(H,9,10). The minimum atomic E-state index is -0.357. The molecule has 0 radical (unpaired) electrons. The molecule has 0 aliphatic carbocycles. The number of amidine groups is 1. The summed E-state index contributed by atoms with van der Waals surface area (Å²) in [7, 11) is 0. The number of hydrogen-bond acceptors (Lipinski definition) is 4. The minimum Gasteiger partial charge on any atom is -0.409 e. The van der Waals surface area contributed by atoms with E-state index in [2.05, 4.69) is 20.7 Å². The predicted octanol–water partition coefficient (Wildman–Crippen LogP) is -1.11. The number of oxime groups is 1. The highest BCUT2D eigenvalue weighted by Gasteiger charge is 2.05. The maximum Gasteiger partial charge on any atom is 0.269 e. The number of rotatable bonds is 3. The van der Waals surface area contributed by atoms with Crippen molar-refractivity contribution in [2.45, 2.75) is 0 Å². The van der Waals surface area contributed by atoms with Gasteiger partial charge in [0.15, 0.2) is 5.84 Å². The van der Waals surface area contributed by atoms with Crippen LogP contribution < -0.4 is 11.1 Å². The van der Waals surface area contributed by atoms with E-state index in [1.807, 2.05) is 0 Å². The normalized spacial score (nSPS) is 11.2. The van der Waals surface area contributed by atoms with Crippen LogP contribution >= 0.6 is 0 Å². The number of amides is 1. The molecule has 0 aromatic carbocycles. The van der Waals surface area contributed by atoms with Gasteiger partial charge < -0.3 is 16.3 Å². The predicted molar refractivity (Wildman–Crippen MR) is 44.3 cm³/mol. The summed E-state index contributed by atoms with van der Waals surface area (Å²) >= 11 is 0. The van der Waals surface area contributed by atoms with Crippen molar-refractivity contribution in [1.82, 2.24) is 15.5 Å². The third kappa shape index (κ3) is 2.47. The van der Waals surface area contributed by atoms with Crippen LogP contribution in [0.2, 0.25) is 0 Å². The van der Waals surface area contributed by atoms with Crippen LogP contribution in [0.4, 0.5) is 0 Å². The van der Waals surface area contributed by atoms with Gasteiger partial charge in [0.25, 0.3) is 5.91 Å². The number of nitrogens with two attached hydrogens (primary N) is 1. The Hall–Kier alpha value is -2.05. The molecule has 0 bridgehead atoms. The summed E-state index contributed by atoms with van der Waals surface area (Å²) in [6.07, 6.45) is 1.46. The van der Waals surface area contributed by atoms with Crippen molar-refractivity contribution in [3.63, 3.8) is 0 Å². The van der Waals surface area contributed by atoms with E-state index in [1.165, 1.54) is 12.3 Å². The summed E-state index contributed by atoms with van der Waals surface area (Å²) < 4.78 is 0. The fourth-order valence-electron chi connectivity index (χ4n) is 0.684. The van der Waals surface area contributed by atoms with Gasteiger partial charge in [0.05, 0.1) is 6.54 Å². The van der Waals surface area contributed by atoms with Crippen molar-refractivity contribution in [3.05, 3.63) is 18.0 Å². The lowest BCUT2D eigenvalue weighted by Crippen LogP contribution is -2.33. The van der Waals surface area contributed by atoms with Gasteiger partial charge in [-0.15, -0.1) is 0 Å². The van der Waals surface area contributed by atoms with E-state index in [1.54, 1.807) is 0 Å². The summed E-state index contributed by atoms with van der Waals surface area (Å²) in [5.74, 6) is -0.419. The third-order valence-corrected chi connectivity index (χ3v) is 1.30. The molecule has 0 spiro atoms. The van der Waals surface area contributed by atoms with Gasteiger partial charge in [-0.2, -0.15) is 5.10 Å². The van der Waals surface area contributed by atoms with Crippen LogP contribution in [0.3, 0.4) is 0 Å². The lowest BCUT2D eigenvalue weighted by atomic mass is 10.4. The third-order valence-electron chi connectivity index (χ3n) is 1.30. The Kier molecular flexibility index (Phi) is 2.85. The first-order valence-corrected chi connectivity index (χ1v) is 3.48. The highest BCUT2D eigenvalue weighted by atomic mass is 16.4. The Morgan fingerprint density at radius 1 is 1.85 bits per heavy atom. The molecule has 0 atom stereocenters. The van der Waals surface area contributed by atoms with E-state index < -0.39 is 0 Å². The van der Waals surface area contributed by atoms with Crippen molar-refractivity contribution in [2.75, 3.05) is 6.54 Å². The first-order valence-electron chi connectivity index (χ1n) is 3.48. The number of hydrogen-bond donors (Lipinski definition) is 4. The number of nitrogens with one attached hydrogen (secondary N) is 2. The Bertz CT molecular complexity index is 305. The van der Waals surface area contributed by atoms with Gasteiger partial charge in [-0.25, -0.2) is 0 Å². The van der Waals surface area contributed by atoms with Crippen LogP contribution in [0.1, 0.15) is 10.5 Å². The number of aromatic nitrogens is 2. The van der Waals surface area contributed by atoms with E-state index in [9.17, 15) is 4.79 Å². The molecule has 13 heavy (non-hydrogen) atoms. The quantitative estimate of drug-likeness (QED) is 0.205. The van der Waals surface area contributed by atoms with E-state index >= 15 is 0 Å². The summed E-state index contributed by atoms with van der Waals surface area (Å²) in [5.41, 5.74) is 5.46. The molecule has 70 valence electrons. The smallest absolute Gasteiger partial charge is 0.269 e. The lowest BCUT2D eigenvalue weighted by Gasteiger charge is -2.00. The van der Waals surface area contributed by atoms with Gasteiger partial charge in [-0.3, -0.25) is 9.89 Å². The molecule has 5 N–H and O–H groups in total. The van der Waals surface area contributed by atoms with Crippen LogP contribution in [0.25, 0.3) is 0 Å². The number of carbonyl (C=O) groups excluding carboxylic acids is 1. The summed E-state index contributed by atoms with van der Waals surface area (Å²) in [5, 5.41) is 19.3. The monoisotopic (exact) mass is 183 g/mol. The highest BCUT2D eigenvalue weighted by molar-refractivity contribution is 5.95. The molecule has 1 rings (SSSR count). The van der Waals surface area contributed by atoms with Crippen molar-refractivity contribution < 1.29 is 10.0 Å². The minimum absolute atomic E-state index is 0.00560. The van der Waals surface area contributed by atoms with Crippen molar-refractivity contribution >= 4 is 11.7 Å². The Morgan fingerprint density at radius 3 is 3.15 bits per heavy atom. The average molecular weight is 183 g/mol. The fraction of sp³-hybridized carbons (Fsp3) is 0.167. The number of H-pyrrole nitrogens is 1. The zero-order valence-electron chi connectivity index (χ0n) is 6.69. The van der Waals surface area contributed by atoms with E-state index in [0.29, 0.717) is 5.69 Å². The van der Waals surface area contributed by atoms with Crippen molar-refractivity contribution in [2.24, 2.45) is 10.9 Å². The van der Waals surface area contributed by atoms with E-state index in [4.69, 9.17) is 10.9 Å². The molecule has 0 unspecified atom stereocenters. The molecule has 1 heterocycles. The van der Waals surface area contributed by atoms with Crippen LogP contribution in [0.15, 0.2) is 17.4 Å². The maximum atomic E-state index is 11.2. The zero-order chi connectivity index (χ0) is 9.68. The zero-order valence-corrected chi connectivity index (χ0v) is 6.69. The molecule has 0 saturated heterocycles. The topological polar surface area (TPSA) is 116 Å². The summed E-state index contributed by atoms with van der Waals surface area (Å²) in [6, 6.07) is 1.52. The summed E-state index contributed by atoms with van der Waals surface area (Å²) in [4.78, 5) is 11.2. The van der Waals surface area contributed by atoms with Crippen LogP contribution in [-0.4, -0.2) is 33.7 Å². The number of aromatic amines is 1. The Morgan fingerprint density at radius 2 is 2.62 bits per heavy atom. The average Bonchev–Trinajstić information content (AvgIpc) is 2.66. The molecule has 1 amide bonds. The molecular formula is C6H9N5O2. The molecule has 1 aromatic heterocycles. The van der Waals surface area contributed by atoms with E-state index in [0.717, 1.165) is 0 Å². The van der Waals surface area contributed by atoms with Gasteiger partial charge in [0.2, 0.25) is 0 Å². The van der Waals surface area contributed by atoms with Crippen LogP contribution in [-0.2, 0) is 0 Å². The SMILES string of the molecule is NC(CNC(=O)c1ccn[nH]1)=NO. The van der Waals surface area contributed by atoms with Crippen LogP contribution in [0.5, 0.6) is 0 Å². The Labute approximate surface area is 73.6 Å². The van der Waals surface area contributed by atoms with Gasteiger partial charge >= 0.3 is 0 Å². The second-order valence-corrected chi connectivity index (χ2v) is 2.24. The molecule has 0 aliphatic heterocycles. The molecule has 1 aromatic rings. The maximum absolute atomic E-state index is 11.2. The molecule has 7 nitrogen and oxygen atoms in total. The molecule has 0 aliphatic rings. The lowest BCUT2D eigenvalue weighted by molar-refractivity contribution is 0.0954.